The fourth-order valence-corrected chi connectivity index (χ4v) is 3.14. The van der Waals surface area contributed by atoms with Crippen molar-refractivity contribution >= 4 is 38.5 Å². The molecule has 1 saturated heterocycles. The van der Waals surface area contributed by atoms with Crippen LogP contribution in [0.15, 0.2) is 22.7 Å². The summed E-state index contributed by atoms with van der Waals surface area (Å²) < 4.78 is 7.83. The first-order valence-corrected chi connectivity index (χ1v) is 8.50. The molecule has 0 amide bonds. The van der Waals surface area contributed by atoms with Crippen molar-refractivity contribution in [2.45, 2.75) is 19.5 Å². The van der Waals surface area contributed by atoms with Crippen LogP contribution in [-0.2, 0) is 11.3 Å². The van der Waals surface area contributed by atoms with Crippen LogP contribution in [0.2, 0.25) is 0 Å². The first-order valence-electron chi connectivity index (χ1n) is 6.62. The molecule has 2 rings (SSSR count). The number of hydrogen-bond donors (Lipinski definition) is 1. The lowest BCUT2D eigenvalue weighted by Crippen LogP contribution is -2.44. The summed E-state index contributed by atoms with van der Waals surface area (Å²) in [6, 6.07) is 6.94. The average molecular weight is 439 g/mol. The molecule has 1 aromatic carbocycles. The summed E-state index contributed by atoms with van der Waals surface area (Å²) in [5.41, 5.74) is 1.32. The minimum atomic E-state index is 0.489. The highest BCUT2D eigenvalue weighted by Crippen LogP contribution is 2.19. The summed E-state index contributed by atoms with van der Waals surface area (Å²) in [5, 5.41) is 3.60. The summed E-state index contributed by atoms with van der Waals surface area (Å²) in [6.07, 6.45) is 0. The predicted molar refractivity (Wildman–Crippen MR) is 90.4 cm³/mol. The van der Waals surface area contributed by atoms with E-state index in [1.165, 1.54) is 13.6 Å². The van der Waals surface area contributed by atoms with E-state index in [1.807, 2.05) is 0 Å². The molecule has 1 unspecified atom stereocenters. The summed E-state index contributed by atoms with van der Waals surface area (Å²) in [6.45, 7) is 8.09. The minimum Gasteiger partial charge on any atom is -0.379 e. The lowest BCUT2D eigenvalue weighted by atomic mass is 10.2. The number of hydrogen-bond acceptors (Lipinski definition) is 3. The molecule has 1 fully saturated rings. The van der Waals surface area contributed by atoms with Gasteiger partial charge in [0.15, 0.2) is 0 Å². The van der Waals surface area contributed by atoms with Crippen LogP contribution in [0.5, 0.6) is 0 Å². The first-order chi connectivity index (χ1) is 9.15. The largest absolute Gasteiger partial charge is 0.379 e. The van der Waals surface area contributed by atoms with Crippen LogP contribution in [-0.4, -0.2) is 43.8 Å². The molecule has 0 bridgehead atoms. The Balaban J connectivity index is 1.79. The smallest absolute Gasteiger partial charge is 0.0594 e. The molecule has 3 nitrogen and oxygen atoms in total. The van der Waals surface area contributed by atoms with E-state index in [-0.39, 0.29) is 0 Å². The van der Waals surface area contributed by atoms with Gasteiger partial charge >= 0.3 is 0 Å². The first kappa shape index (κ1) is 15.7. The van der Waals surface area contributed by atoms with Gasteiger partial charge in [0.2, 0.25) is 0 Å². The van der Waals surface area contributed by atoms with Crippen LogP contribution in [0.3, 0.4) is 0 Å². The molecule has 1 aliphatic rings. The normalized spacial score (nSPS) is 18.5. The van der Waals surface area contributed by atoms with Crippen LogP contribution < -0.4 is 5.32 Å². The number of benzene rings is 1. The molecule has 0 saturated carbocycles. The van der Waals surface area contributed by atoms with E-state index in [0.29, 0.717) is 6.04 Å². The number of ether oxygens (including phenoxy) is 1. The molecule has 1 N–H and O–H groups in total. The molecule has 106 valence electrons. The lowest BCUT2D eigenvalue weighted by molar-refractivity contribution is 0.0343. The number of nitrogens with one attached hydrogen (secondary N) is 1. The Morgan fingerprint density at radius 3 is 2.89 bits per heavy atom. The Kier molecular flexibility index (Phi) is 6.55. The van der Waals surface area contributed by atoms with Gasteiger partial charge in [0.05, 0.1) is 13.2 Å². The highest BCUT2D eigenvalue weighted by molar-refractivity contribution is 14.1. The van der Waals surface area contributed by atoms with Crippen LogP contribution in [0.1, 0.15) is 12.5 Å². The average Bonchev–Trinajstić information content (AvgIpc) is 2.41. The van der Waals surface area contributed by atoms with Gasteiger partial charge in [-0.15, -0.1) is 0 Å². The van der Waals surface area contributed by atoms with E-state index < -0.39 is 0 Å². The zero-order valence-corrected chi connectivity index (χ0v) is 14.9. The molecule has 1 atom stereocenters. The molecule has 0 aromatic heterocycles. The zero-order valence-electron chi connectivity index (χ0n) is 11.2. The number of morpholine rings is 1. The van der Waals surface area contributed by atoms with Crippen molar-refractivity contribution in [3.05, 3.63) is 31.8 Å². The number of rotatable bonds is 5. The van der Waals surface area contributed by atoms with Gasteiger partial charge in [0.1, 0.15) is 0 Å². The Labute approximate surface area is 137 Å². The van der Waals surface area contributed by atoms with E-state index >= 15 is 0 Å². The van der Waals surface area contributed by atoms with Gasteiger partial charge in [0.25, 0.3) is 0 Å². The maximum atomic E-state index is 5.37. The summed E-state index contributed by atoms with van der Waals surface area (Å²) >= 11 is 5.96. The Morgan fingerprint density at radius 2 is 2.16 bits per heavy atom. The Morgan fingerprint density at radius 1 is 1.42 bits per heavy atom. The van der Waals surface area contributed by atoms with Gasteiger partial charge in [-0.3, -0.25) is 4.90 Å². The summed E-state index contributed by atoms with van der Waals surface area (Å²) in [5.74, 6) is 0. The molecule has 19 heavy (non-hydrogen) atoms. The SMILES string of the molecule is CC(CN1CCOCC1)NCc1cc(I)ccc1Br. The number of nitrogens with zero attached hydrogens (tertiary/aromatic N) is 1. The second-order valence-electron chi connectivity index (χ2n) is 4.93. The number of halogens is 2. The Hall–Kier alpha value is 0.310. The van der Waals surface area contributed by atoms with Crippen LogP contribution in [0.25, 0.3) is 0 Å². The van der Waals surface area contributed by atoms with Gasteiger partial charge in [-0.1, -0.05) is 15.9 Å². The van der Waals surface area contributed by atoms with E-state index in [4.69, 9.17) is 4.74 Å². The monoisotopic (exact) mass is 438 g/mol. The topological polar surface area (TPSA) is 24.5 Å². The molecule has 0 aliphatic carbocycles. The third-order valence-corrected chi connectivity index (χ3v) is 4.73. The van der Waals surface area contributed by atoms with E-state index in [0.717, 1.165) is 39.4 Å². The summed E-state index contributed by atoms with van der Waals surface area (Å²) in [4.78, 5) is 2.46. The maximum absolute atomic E-state index is 5.37. The molecule has 5 heteroatoms. The fourth-order valence-electron chi connectivity index (χ4n) is 2.20. The van der Waals surface area contributed by atoms with Crippen molar-refractivity contribution < 1.29 is 4.74 Å². The fraction of sp³-hybridized carbons (Fsp3) is 0.571. The van der Waals surface area contributed by atoms with Gasteiger partial charge in [-0.25, -0.2) is 0 Å². The second-order valence-corrected chi connectivity index (χ2v) is 7.03. The van der Waals surface area contributed by atoms with Crippen molar-refractivity contribution in [1.29, 1.82) is 0 Å². The molecular formula is C14H20BrIN2O. The van der Waals surface area contributed by atoms with E-state index in [1.54, 1.807) is 0 Å². The highest BCUT2D eigenvalue weighted by Gasteiger charge is 2.13. The predicted octanol–water partition coefficient (Wildman–Crippen LogP) is 2.86. The third kappa shape index (κ3) is 5.30. The van der Waals surface area contributed by atoms with Gasteiger partial charge < -0.3 is 10.1 Å². The standard InChI is InChI=1S/C14H20BrIN2O/c1-11(10-18-4-6-19-7-5-18)17-9-12-8-13(16)2-3-14(12)15/h2-3,8,11,17H,4-7,9-10H2,1H3. The van der Waals surface area contributed by atoms with E-state index in [2.05, 4.69) is 73.9 Å². The molecule has 1 heterocycles. The molecular weight excluding hydrogens is 419 g/mol. The van der Waals surface area contributed by atoms with Crippen molar-refractivity contribution in [3.63, 3.8) is 0 Å². The van der Waals surface area contributed by atoms with Crippen LogP contribution in [0, 0.1) is 3.57 Å². The van der Waals surface area contributed by atoms with Crippen molar-refractivity contribution in [2.75, 3.05) is 32.8 Å². The van der Waals surface area contributed by atoms with Crippen LogP contribution >= 0.6 is 38.5 Å². The molecule has 1 aromatic rings. The lowest BCUT2D eigenvalue weighted by Gasteiger charge is -2.29. The van der Waals surface area contributed by atoms with Crippen molar-refractivity contribution in [1.82, 2.24) is 10.2 Å². The second kappa shape index (κ2) is 7.93. The van der Waals surface area contributed by atoms with Gasteiger partial charge in [0, 0.05) is 40.3 Å². The van der Waals surface area contributed by atoms with Crippen LogP contribution in [0.4, 0.5) is 0 Å². The highest BCUT2D eigenvalue weighted by atomic mass is 127. The molecule has 1 aliphatic heterocycles. The molecule has 0 spiro atoms. The minimum absolute atomic E-state index is 0.489. The van der Waals surface area contributed by atoms with Crippen molar-refractivity contribution in [3.8, 4) is 0 Å². The third-order valence-electron chi connectivity index (χ3n) is 3.28. The Bertz CT molecular complexity index is 410. The summed E-state index contributed by atoms with van der Waals surface area (Å²) in [7, 11) is 0. The van der Waals surface area contributed by atoms with E-state index in [9.17, 15) is 0 Å². The maximum Gasteiger partial charge on any atom is 0.0594 e. The van der Waals surface area contributed by atoms with Crippen molar-refractivity contribution in [2.24, 2.45) is 0 Å². The van der Waals surface area contributed by atoms with Gasteiger partial charge in [-0.05, 0) is 53.3 Å². The quantitative estimate of drug-likeness (QED) is 0.715. The van der Waals surface area contributed by atoms with Gasteiger partial charge in [-0.2, -0.15) is 0 Å². The molecule has 0 radical (unpaired) electrons. The zero-order chi connectivity index (χ0) is 13.7.